The maximum Gasteiger partial charge on any atom is 0.302 e. The van der Waals surface area contributed by atoms with E-state index in [0.29, 0.717) is 17.9 Å². The first-order chi connectivity index (χ1) is 8.77. The van der Waals surface area contributed by atoms with Crippen molar-refractivity contribution in [2.75, 3.05) is 6.61 Å². The van der Waals surface area contributed by atoms with E-state index in [2.05, 4.69) is 20.8 Å². The number of aliphatic hydroxyl groups is 1. The van der Waals surface area contributed by atoms with Crippen LogP contribution < -0.4 is 0 Å². The van der Waals surface area contributed by atoms with Crippen molar-refractivity contribution in [2.24, 2.45) is 22.7 Å². The predicted molar refractivity (Wildman–Crippen MR) is 74.6 cm³/mol. The molecule has 0 spiro atoms. The topological polar surface area (TPSA) is 46.5 Å². The number of esters is 1. The molecule has 0 aromatic carbocycles. The fourth-order valence-corrected chi connectivity index (χ4v) is 4.82. The van der Waals surface area contributed by atoms with Gasteiger partial charge in [0.25, 0.3) is 0 Å². The second-order valence-electron chi connectivity index (χ2n) is 7.45. The number of ether oxygens (including phenoxy) is 1. The Hall–Kier alpha value is -0.570. The van der Waals surface area contributed by atoms with Crippen LogP contribution >= 0.6 is 0 Å². The van der Waals surface area contributed by atoms with E-state index in [-0.39, 0.29) is 23.4 Å². The van der Waals surface area contributed by atoms with Crippen molar-refractivity contribution < 1.29 is 14.6 Å². The molecule has 0 aromatic rings. The summed E-state index contributed by atoms with van der Waals surface area (Å²) in [6, 6.07) is 0. The minimum absolute atomic E-state index is 0.0923. The van der Waals surface area contributed by atoms with Gasteiger partial charge in [-0.3, -0.25) is 4.79 Å². The van der Waals surface area contributed by atoms with Crippen LogP contribution in [0.5, 0.6) is 0 Å². The fourth-order valence-electron chi connectivity index (χ4n) is 4.82. The Morgan fingerprint density at radius 3 is 2.58 bits per heavy atom. The fraction of sp³-hybridized carbons (Fsp3) is 0.938. The van der Waals surface area contributed by atoms with Gasteiger partial charge in [-0.25, -0.2) is 0 Å². The van der Waals surface area contributed by atoms with Gasteiger partial charge in [0.2, 0.25) is 0 Å². The highest BCUT2D eigenvalue weighted by Crippen LogP contribution is 2.59. The first-order valence-corrected chi connectivity index (χ1v) is 7.59. The lowest BCUT2D eigenvalue weighted by atomic mass is 9.48. The first kappa shape index (κ1) is 14.8. The van der Waals surface area contributed by atoms with Crippen LogP contribution in [0.25, 0.3) is 0 Å². The number of hydrogen-bond donors (Lipinski definition) is 1. The first-order valence-electron chi connectivity index (χ1n) is 7.59. The van der Waals surface area contributed by atoms with E-state index in [0.717, 1.165) is 19.3 Å². The molecular weight excluding hydrogens is 240 g/mol. The maximum absolute atomic E-state index is 11.1. The highest BCUT2D eigenvalue weighted by atomic mass is 16.5. The number of carbonyl (C=O) groups excluding carboxylic acids is 1. The van der Waals surface area contributed by atoms with Crippen molar-refractivity contribution in [3.8, 4) is 0 Å². The summed E-state index contributed by atoms with van der Waals surface area (Å²) in [5, 5.41) is 10.4. The van der Waals surface area contributed by atoms with Crippen LogP contribution in [-0.4, -0.2) is 23.8 Å². The number of aliphatic hydroxyl groups excluding tert-OH is 1. The Morgan fingerprint density at radius 2 is 1.95 bits per heavy atom. The van der Waals surface area contributed by atoms with Crippen molar-refractivity contribution >= 4 is 5.97 Å². The van der Waals surface area contributed by atoms with Crippen LogP contribution in [0.15, 0.2) is 0 Å². The third-order valence-corrected chi connectivity index (χ3v) is 5.80. The van der Waals surface area contributed by atoms with Gasteiger partial charge in [-0.2, -0.15) is 0 Å². The molecule has 3 heteroatoms. The third kappa shape index (κ3) is 2.67. The maximum atomic E-state index is 11.1. The zero-order chi connectivity index (χ0) is 14.3. The number of fused-ring (bicyclic) bond motifs is 1. The molecule has 0 saturated heterocycles. The molecule has 3 nitrogen and oxygen atoms in total. The summed E-state index contributed by atoms with van der Waals surface area (Å²) in [4.78, 5) is 11.1. The van der Waals surface area contributed by atoms with Crippen molar-refractivity contribution in [2.45, 2.75) is 65.9 Å². The zero-order valence-electron chi connectivity index (χ0n) is 12.7. The second kappa shape index (κ2) is 5.08. The van der Waals surface area contributed by atoms with E-state index in [1.165, 1.54) is 19.8 Å². The van der Waals surface area contributed by atoms with Gasteiger partial charge >= 0.3 is 5.97 Å². The van der Waals surface area contributed by atoms with Gasteiger partial charge in [0.05, 0.1) is 12.7 Å². The zero-order valence-corrected chi connectivity index (χ0v) is 12.7. The second-order valence-corrected chi connectivity index (χ2v) is 7.45. The average molecular weight is 268 g/mol. The Labute approximate surface area is 116 Å². The molecule has 2 aliphatic rings. The Balaban J connectivity index is 2.22. The van der Waals surface area contributed by atoms with Gasteiger partial charge in [0, 0.05) is 12.8 Å². The molecule has 0 heterocycles. The lowest BCUT2D eigenvalue weighted by Gasteiger charge is -2.58. The van der Waals surface area contributed by atoms with E-state index >= 15 is 0 Å². The largest absolute Gasteiger partial charge is 0.465 e. The molecule has 1 N–H and O–H groups in total. The Morgan fingerprint density at radius 1 is 1.26 bits per heavy atom. The van der Waals surface area contributed by atoms with Crippen LogP contribution in [0.4, 0.5) is 0 Å². The van der Waals surface area contributed by atoms with Crippen LogP contribution in [0, 0.1) is 22.7 Å². The van der Waals surface area contributed by atoms with Crippen molar-refractivity contribution in [1.82, 2.24) is 0 Å². The summed E-state index contributed by atoms with van der Waals surface area (Å²) >= 11 is 0. The molecule has 2 aliphatic carbocycles. The van der Waals surface area contributed by atoms with Crippen LogP contribution in [-0.2, 0) is 9.53 Å². The summed E-state index contributed by atoms with van der Waals surface area (Å²) in [6.45, 7) is 8.83. The van der Waals surface area contributed by atoms with Gasteiger partial charge in [-0.15, -0.1) is 0 Å². The average Bonchev–Trinajstić information content (AvgIpc) is 2.26. The van der Waals surface area contributed by atoms with Crippen LogP contribution in [0.3, 0.4) is 0 Å². The normalized spacial score (nSPS) is 41.4. The summed E-state index contributed by atoms with van der Waals surface area (Å²) in [7, 11) is 0. The molecule has 0 bridgehead atoms. The van der Waals surface area contributed by atoms with Gasteiger partial charge in [0.15, 0.2) is 0 Å². The molecule has 0 aliphatic heterocycles. The van der Waals surface area contributed by atoms with Gasteiger partial charge in [0.1, 0.15) is 0 Å². The summed E-state index contributed by atoms with van der Waals surface area (Å²) in [6.07, 6.45) is 5.24. The standard InChI is InChI=1S/C16H28O3/c1-11(17)19-10-12-13(18)6-7-14-15(2,3)8-5-9-16(12,14)4/h12-14,18H,5-10H2,1-4H3/t12-,13+,14?,16+/m0/s1. The minimum atomic E-state index is -0.325. The Bertz CT molecular complexity index is 350. The predicted octanol–water partition coefficient (Wildman–Crippen LogP) is 3.15. The van der Waals surface area contributed by atoms with Gasteiger partial charge in [-0.1, -0.05) is 27.2 Å². The Kier molecular flexibility index (Phi) is 3.97. The van der Waals surface area contributed by atoms with E-state index < -0.39 is 0 Å². The molecule has 110 valence electrons. The highest BCUT2D eigenvalue weighted by molar-refractivity contribution is 5.65. The lowest BCUT2D eigenvalue weighted by molar-refractivity contribution is -0.161. The molecular formula is C16H28O3. The van der Waals surface area contributed by atoms with Crippen LogP contribution in [0.1, 0.15) is 59.8 Å². The van der Waals surface area contributed by atoms with Crippen LogP contribution in [0.2, 0.25) is 0 Å². The summed E-state index contributed by atoms with van der Waals surface area (Å²) < 4.78 is 5.24. The van der Waals surface area contributed by atoms with E-state index in [9.17, 15) is 9.90 Å². The van der Waals surface area contributed by atoms with E-state index in [4.69, 9.17) is 4.74 Å². The molecule has 19 heavy (non-hydrogen) atoms. The van der Waals surface area contributed by atoms with Crippen molar-refractivity contribution in [3.05, 3.63) is 0 Å². The van der Waals surface area contributed by atoms with E-state index in [1.807, 2.05) is 0 Å². The molecule has 0 aromatic heterocycles. The molecule has 2 saturated carbocycles. The quantitative estimate of drug-likeness (QED) is 0.783. The molecule has 0 radical (unpaired) electrons. The SMILES string of the molecule is CC(=O)OC[C@H]1[C@H](O)CCC2C(C)(C)CCC[C@@]21C. The molecule has 1 unspecified atom stereocenters. The molecule has 0 amide bonds. The molecule has 4 atom stereocenters. The number of rotatable bonds is 2. The smallest absolute Gasteiger partial charge is 0.302 e. The van der Waals surface area contributed by atoms with E-state index in [1.54, 1.807) is 0 Å². The van der Waals surface area contributed by atoms with Gasteiger partial charge < -0.3 is 9.84 Å². The third-order valence-electron chi connectivity index (χ3n) is 5.80. The minimum Gasteiger partial charge on any atom is -0.465 e. The summed E-state index contributed by atoms with van der Waals surface area (Å²) in [5.74, 6) is 0.473. The monoisotopic (exact) mass is 268 g/mol. The highest BCUT2D eigenvalue weighted by Gasteiger charge is 2.54. The molecule has 2 fully saturated rings. The van der Waals surface area contributed by atoms with Gasteiger partial charge in [-0.05, 0) is 42.4 Å². The number of hydrogen-bond acceptors (Lipinski definition) is 3. The molecule has 2 rings (SSSR count). The van der Waals surface area contributed by atoms with Crippen molar-refractivity contribution in [3.63, 3.8) is 0 Å². The summed E-state index contributed by atoms with van der Waals surface area (Å²) in [5.41, 5.74) is 0.441. The number of carbonyl (C=O) groups is 1. The van der Waals surface area contributed by atoms with Crippen molar-refractivity contribution in [1.29, 1.82) is 0 Å². The lowest BCUT2D eigenvalue weighted by Crippen LogP contribution is -2.54.